The van der Waals surface area contributed by atoms with Crippen molar-refractivity contribution >= 4 is 17.3 Å². The van der Waals surface area contributed by atoms with Crippen LogP contribution in [0.3, 0.4) is 0 Å². The van der Waals surface area contributed by atoms with Gasteiger partial charge in [-0.25, -0.2) is 0 Å². The fourth-order valence-corrected chi connectivity index (χ4v) is 9.47. The minimum atomic E-state index is -1.36. The van der Waals surface area contributed by atoms with Gasteiger partial charge in [0.25, 0.3) is 0 Å². The number of rotatable bonds is 5. The number of benzene rings is 1. The Labute approximate surface area is 245 Å². The number of ether oxygens (including phenoxy) is 2. The van der Waals surface area contributed by atoms with Gasteiger partial charge in [0.2, 0.25) is 0 Å². The Morgan fingerprint density at radius 2 is 1.95 bits per heavy atom. The molecule has 4 N–H and O–H groups in total. The van der Waals surface area contributed by atoms with Gasteiger partial charge in [0.05, 0.1) is 17.9 Å². The molecule has 4 aliphatic carbocycles. The third-order valence-corrected chi connectivity index (χ3v) is 11.3. The van der Waals surface area contributed by atoms with Gasteiger partial charge in [-0.15, -0.1) is 0 Å². The van der Waals surface area contributed by atoms with Gasteiger partial charge in [-0.1, -0.05) is 49.8 Å². The fraction of sp³-hybridized carbons (Fsp3) is 0.500. The first-order chi connectivity index (χ1) is 20.1. The van der Waals surface area contributed by atoms with Crippen LogP contribution in [0.2, 0.25) is 0 Å². The van der Waals surface area contributed by atoms with Gasteiger partial charge in [-0.2, -0.15) is 0 Å². The number of hydrogen-bond donors (Lipinski definition) is 3. The second-order valence-electron chi connectivity index (χ2n) is 13.4. The monoisotopic (exact) mass is 570 g/mol. The average molecular weight is 571 g/mol. The summed E-state index contributed by atoms with van der Waals surface area (Å²) in [5.41, 5.74) is 8.00. The summed E-state index contributed by atoms with van der Waals surface area (Å²) in [6.07, 6.45) is 10.0. The standard InChI is InChI=1S/C34H38N2O6/c1-32-10-9-24(38)13-22(32)7-8-25-26-14-29-34(28(40)18-37,33(26,2)15-27(39)30(25)32)42-31(41-29)21-5-3-19(4-6-21)11-20-12-23(35)17-36-16-20/h3-6,9-10,12-13,16-17,25-27,29-31,37,39H,7-8,11,14-15,18,35H2,1-2H3/t25-,26-,27-,29+,30+,31+,32-,33-,34+/m0/s1. The molecule has 0 unspecified atom stereocenters. The number of anilines is 1. The van der Waals surface area contributed by atoms with Gasteiger partial charge in [-0.05, 0) is 73.3 Å². The predicted octanol–water partition coefficient (Wildman–Crippen LogP) is 3.86. The van der Waals surface area contributed by atoms with Crippen LogP contribution in [0.5, 0.6) is 0 Å². The lowest BCUT2D eigenvalue weighted by Gasteiger charge is -2.59. The van der Waals surface area contributed by atoms with Crippen LogP contribution in [0.15, 0.2) is 66.5 Å². The van der Waals surface area contributed by atoms with Gasteiger partial charge in [-0.3, -0.25) is 14.6 Å². The SMILES string of the molecule is C[C@]12C=CC(=O)C=C1CC[C@@H]1[C@@H]2[C@@H](O)C[C@@]2(C)[C@H]1C[C@H]1O[C@@H](c3ccc(Cc4cncc(N)c4)cc3)O[C@]12C(=O)CO. The quantitative estimate of drug-likeness (QED) is 0.494. The van der Waals surface area contributed by atoms with Crippen molar-refractivity contribution in [2.75, 3.05) is 12.3 Å². The predicted molar refractivity (Wildman–Crippen MR) is 155 cm³/mol. The van der Waals surface area contributed by atoms with E-state index in [9.17, 15) is 19.8 Å². The molecule has 4 fully saturated rings. The van der Waals surface area contributed by atoms with E-state index in [4.69, 9.17) is 15.2 Å². The fourth-order valence-electron chi connectivity index (χ4n) is 9.47. The van der Waals surface area contributed by atoms with Crippen molar-refractivity contribution in [1.82, 2.24) is 4.98 Å². The minimum absolute atomic E-state index is 0.00148. The van der Waals surface area contributed by atoms with E-state index in [0.717, 1.165) is 35.1 Å². The summed E-state index contributed by atoms with van der Waals surface area (Å²) in [6, 6.07) is 9.83. The van der Waals surface area contributed by atoms with Crippen molar-refractivity contribution in [1.29, 1.82) is 0 Å². The lowest BCUT2D eigenvalue weighted by Crippen LogP contribution is -2.63. The Morgan fingerprint density at radius 3 is 2.69 bits per heavy atom. The lowest BCUT2D eigenvalue weighted by atomic mass is 9.46. The van der Waals surface area contributed by atoms with Crippen LogP contribution < -0.4 is 5.73 Å². The Hall–Kier alpha value is -3.17. The van der Waals surface area contributed by atoms with Crippen molar-refractivity contribution in [3.8, 4) is 0 Å². The van der Waals surface area contributed by atoms with Gasteiger partial charge >= 0.3 is 0 Å². The number of aromatic nitrogens is 1. The van der Waals surface area contributed by atoms with Crippen molar-refractivity contribution in [2.45, 2.75) is 70.1 Å². The summed E-state index contributed by atoms with van der Waals surface area (Å²) in [7, 11) is 0. The smallest absolute Gasteiger partial charge is 0.193 e. The number of Topliss-reactive ketones (excluding diaryl/α,β-unsaturated/α-hetero) is 1. The summed E-state index contributed by atoms with van der Waals surface area (Å²) in [6.45, 7) is 3.53. The molecule has 0 bridgehead atoms. The number of nitrogen functional groups attached to an aromatic ring is 1. The number of carbonyl (C=O) groups excluding carboxylic acids is 2. The Balaban J connectivity index is 1.18. The highest BCUT2D eigenvalue weighted by molar-refractivity contribution is 6.01. The zero-order valence-corrected chi connectivity index (χ0v) is 24.0. The van der Waals surface area contributed by atoms with Crippen LogP contribution in [0, 0.1) is 28.6 Å². The van der Waals surface area contributed by atoms with Crippen LogP contribution in [0.25, 0.3) is 0 Å². The molecule has 0 radical (unpaired) electrons. The summed E-state index contributed by atoms with van der Waals surface area (Å²) in [5, 5.41) is 22.0. The van der Waals surface area contributed by atoms with E-state index in [1.54, 1.807) is 24.5 Å². The number of ketones is 2. The van der Waals surface area contributed by atoms with Crippen molar-refractivity contribution in [3.63, 3.8) is 0 Å². The maximum absolute atomic E-state index is 13.7. The van der Waals surface area contributed by atoms with Crippen molar-refractivity contribution < 1.29 is 29.3 Å². The molecule has 42 heavy (non-hydrogen) atoms. The second-order valence-corrected chi connectivity index (χ2v) is 13.4. The molecule has 220 valence electrons. The van der Waals surface area contributed by atoms with E-state index in [-0.39, 0.29) is 29.3 Å². The molecule has 0 amide bonds. The molecule has 7 rings (SSSR count). The molecule has 1 aliphatic heterocycles. The molecular weight excluding hydrogens is 532 g/mol. The number of pyridine rings is 1. The molecule has 5 aliphatic rings. The highest BCUT2D eigenvalue weighted by atomic mass is 16.7. The molecule has 2 heterocycles. The van der Waals surface area contributed by atoms with Gasteiger partial charge in [0, 0.05) is 34.7 Å². The van der Waals surface area contributed by atoms with Gasteiger partial charge in [0.15, 0.2) is 23.5 Å². The van der Waals surface area contributed by atoms with Gasteiger partial charge in [0.1, 0.15) is 6.61 Å². The van der Waals surface area contributed by atoms with E-state index in [0.29, 0.717) is 24.9 Å². The molecule has 9 atom stereocenters. The van der Waals surface area contributed by atoms with Crippen molar-refractivity contribution in [3.05, 3.63) is 83.2 Å². The zero-order valence-electron chi connectivity index (χ0n) is 24.0. The molecule has 1 aromatic carbocycles. The number of carbonyl (C=O) groups is 2. The van der Waals surface area contributed by atoms with Crippen LogP contribution in [0.1, 0.15) is 62.5 Å². The molecule has 1 aromatic heterocycles. The first-order valence-electron chi connectivity index (χ1n) is 15.0. The minimum Gasteiger partial charge on any atom is -0.397 e. The number of nitrogens with zero attached hydrogens (tertiary/aromatic N) is 1. The summed E-state index contributed by atoms with van der Waals surface area (Å²) in [4.78, 5) is 30.0. The Morgan fingerprint density at radius 1 is 1.17 bits per heavy atom. The molecule has 8 heteroatoms. The maximum atomic E-state index is 13.7. The third kappa shape index (κ3) is 3.85. The van der Waals surface area contributed by atoms with E-state index < -0.39 is 41.5 Å². The van der Waals surface area contributed by atoms with Crippen LogP contribution >= 0.6 is 0 Å². The summed E-state index contributed by atoms with van der Waals surface area (Å²) >= 11 is 0. The summed E-state index contributed by atoms with van der Waals surface area (Å²) < 4.78 is 13.2. The second kappa shape index (κ2) is 9.67. The molecule has 3 saturated carbocycles. The van der Waals surface area contributed by atoms with E-state index in [1.165, 1.54) is 0 Å². The number of fused-ring (bicyclic) bond motifs is 7. The molecular formula is C34H38N2O6. The van der Waals surface area contributed by atoms with Gasteiger partial charge < -0.3 is 25.4 Å². The van der Waals surface area contributed by atoms with E-state index >= 15 is 0 Å². The summed E-state index contributed by atoms with van der Waals surface area (Å²) in [5.74, 6) is -0.271. The van der Waals surface area contributed by atoms with Crippen LogP contribution in [-0.2, 0) is 25.5 Å². The van der Waals surface area contributed by atoms with Crippen molar-refractivity contribution in [2.24, 2.45) is 28.6 Å². The maximum Gasteiger partial charge on any atom is 0.193 e. The normalized spacial score (nSPS) is 40.1. The number of aliphatic hydroxyl groups excluding tert-OH is 2. The largest absolute Gasteiger partial charge is 0.397 e. The third-order valence-electron chi connectivity index (χ3n) is 11.3. The Bertz CT molecular complexity index is 1500. The van der Waals surface area contributed by atoms with E-state index in [2.05, 4.69) is 11.9 Å². The lowest BCUT2D eigenvalue weighted by molar-refractivity contribution is -0.201. The first kappa shape index (κ1) is 27.7. The van der Waals surface area contributed by atoms with E-state index in [1.807, 2.05) is 43.3 Å². The molecule has 8 nitrogen and oxygen atoms in total. The number of allylic oxidation sites excluding steroid dienone is 4. The van der Waals surface area contributed by atoms with Crippen LogP contribution in [0.4, 0.5) is 5.69 Å². The number of nitrogens with two attached hydrogens (primary N) is 1. The number of aliphatic hydroxyl groups is 2. The van der Waals surface area contributed by atoms with Crippen LogP contribution in [-0.4, -0.2) is 51.2 Å². The first-order valence-corrected chi connectivity index (χ1v) is 15.0. The molecule has 2 aromatic rings. The molecule has 1 saturated heterocycles. The Kier molecular flexibility index (Phi) is 6.37. The molecule has 0 spiro atoms. The average Bonchev–Trinajstić information content (AvgIpc) is 3.46. The zero-order chi connectivity index (χ0) is 29.4. The highest BCUT2D eigenvalue weighted by Crippen LogP contribution is 2.70. The highest BCUT2D eigenvalue weighted by Gasteiger charge is 2.75. The topological polar surface area (TPSA) is 132 Å². The number of hydrogen-bond acceptors (Lipinski definition) is 8.